The molecule has 47 heavy (non-hydrogen) atoms. The van der Waals surface area contributed by atoms with Gasteiger partial charge in [0.1, 0.15) is 42.7 Å². The Labute approximate surface area is 271 Å². The van der Waals surface area contributed by atoms with Crippen LogP contribution in [-0.4, -0.2) is 119 Å². The van der Waals surface area contributed by atoms with Gasteiger partial charge in [-0.05, 0) is 28.8 Å². The molecular formula is C34H39NO12. The predicted molar refractivity (Wildman–Crippen MR) is 164 cm³/mol. The lowest BCUT2D eigenvalue weighted by atomic mass is 9.91. The van der Waals surface area contributed by atoms with Gasteiger partial charge in [-0.3, -0.25) is 4.79 Å². The minimum absolute atomic E-state index is 0.0745. The molecule has 8 atom stereocenters. The molecule has 13 heteroatoms. The largest absolute Gasteiger partial charge is 0.456 e. The van der Waals surface area contributed by atoms with Crippen molar-refractivity contribution in [3.63, 3.8) is 0 Å². The first-order chi connectivity index (χ1) is 22.7. The van der Waals surface area contributed by atoms with Gasteiger partial charge in [0.25, 0.3) is 0 Å². The van der Waals surface area contributed by atoms with Crippen LogP contribution >= 0.6 is 0 Å². The number of hydrogen-bond donors (Lipinski definition) is 6. The van der Waals surface area contributed by atoms with E-state index in [0.29, 0.717) is 24.0 Å². The maximum Gasteiger partial charge on any atom is 0.339 e. The number of nitrogens with one attached hydrogen (secondary N) is 1. The van der Waals surface area contributed by atoms with E-state index in [9.17, 15) is 35.1 Å². The number of aliphatic hydroxyl groups is 5. The van der Waals surface area contributed by atoms with Crippen LogP contribution in [0.3, 0.4) is 0 Å². The summed E-state index contributed by atoms with van der Waals surface area (Å²) in [6, 6.07) is 14.7. The molecule has 1 amide bonds. The predicted octanol–water partition coefficient (Wildman–Crippen LogP) is -0.241. The van der Waals surface area contributed by atoms with Crippen LogP contribution in [0.15, 0.2) is 66.3 Å². The zero-order valence-corrected chi connectivity index (χ0v) is 25.5. The fourth-order valence-electron chi connectivity index (χ4n) is 6.51. The number of amides is 1. The maximum atomic E-state index is 13.7. The van der Waals surface area contributed by atoms with Crippen molar-refractivity contribution in [3.8, 4) is 0 Å². The Balaban J connectivity index is 1.15. The molecule has 2 aliphatic heterocycles. The molecule has 2 aromatic carbocycles. The molecular weight excluding hydrogens is 614 g/mol. The van der Waals surface area contributed by atoms with Crippen molar-refractivity contribution in [1.29, 1.82) is 0 Å². The molecule has 2 aromatic rings. The molecule has 252 valence electrons. The van der Waals surface area contributed by atoms with E-state index in [2.05, 4.69) is 5.32 Å². The standard InChI is InChI=1S/C34H39NO12/c36-12-11-35-31(41)22-14-24(30-25(15-22)46-34(47-30)16-20-7-1-2-8-21(20)17-34)44-32(42)23-10-4-3-6-19(23)9-5-13-43-33-29(40)28(39)27(38)26(18-37)45-33/h1-10,15,24-30,33,36-40H,11-14,16-18H2,(H,35,41). The van der Waals surface area contributed by atoms with Crippen molar-refractivity contribution < 1.29 is 58.8 Å². The van der Waals surface area contributed by atoms with Crippen molar-refractivity contribution in [1.82, 2.24) is 5.32 Å². The van der Waals surface area contributed by atoms with E-state index in [-0.39, 0.29) is 37.6 Å². The third-order valence-electron chi connectivity index (χ3n) is 8.85. The van der Waals surface area contributed by atoms with Crippen molar-refractivity contribution in [3.05, 3.63) is 88.5 Å². The van der Waals surface area contributed by atoms with Gasteiger partial charge in [0.15, 0.2) is 12.1 Å². The minimum atomic E-state index is -1.56. The van der Waals surface area contributed by atoms with E-state index in [1.54, 1.807) is 42.5 Å². The van der Waals surface area contributed by atoms with Gasteiger partial charge >= 0.3 is 5.97 Å². The second-order valence-electron chi connectivity index (χ2n) is 12.0. The number of hydrogen-bond acceptors (Lipinski definition) is 12. The Morgan fingerprint density at radius 1 is 0.957 bits per heavy atom. The van der Waals surface area contributed by atoms with Crippen molar-refractivity contribution in [2.24, 2.45) is 0 Å². The number of benzene rings is 2. The number of esters is 1. The summed E-state index contributed by atoms with van der Waals surface area (Å²) in [5.41, 5.74) is 3.34. The molecule has 2 heterocycles. The Bertz CT molecular complexity index is 1480. The van der Waals surface area contributed by atoms with Gasteiger partial charge in [0.2, 0.25) is 5.91 Å². The molecule has 2 saturated heterocycles. The summed E-state index contributed by atoms with van der Waals surface area (Å²) in [5.74, 6) is -1.97. The van der Waals surface area contributed by atoms with Gasteiger partial charge < -0.3 is 54.5 Å². The normalized spacial score (nSPS) is 31.0. The van der Waals surface area contributed by atoms with Crippen LogP contribution in [0.2, 0.25) is 0 Å². The number of aliphatic hydroxyl groups excluding tert-OH is 5. The summed E-state index contributed by atoms with van der Waals surface area (Å²) in [6.07, 6.45) is -3.08. The zero-order valence-electron chi connectivity index (χ0n) is 25.5. The summed E-state index contributed by atoms with van der Waals surface area (Å²) in [7, 11) is 0. The van der Waals surface area contributed by atoms with E-state index >= 15 is 0 Å². The monoisotopic (exact) mass is 653 g/mol. The summed E-state index contributed by atoms with van der Waals surface area (Å²) in [5, 5.41) is 51.4. The summed E-state index contributed by atoms with van der Waals surface area (Å²) >= 11 is 0. The molecule has 2 aliphatic carbocycles. The van der Waals surface area contributed by atoms with Crippen LogP contribution in [0.4, 0.5) is 0 Å². The van der Waals surface area contributed by atoms with E-state index < -0.39 is 67.4 Å². The average Bonchev–Trinajstić information content (AvgIpc) is 3.63. The molecule has 0 bridgehead atoms. The first-order valence-electron chi connectivity index (χ1n) is 15.6. The summed E-state index contributed by atoms with van der Waals surface area (Å²) in [6.45, 7) is -0.812. The van der Waals surface area contributed by atoms with Crippen LogP contribution < -0.4 is 5.32 Å². The lowest BCUT2D eigenvalue weighted by Gasteiger charge is -2.39. The topological polar surface area (TPSA) is 193 Å². The minimum Gasteiger partial charge on any atom is -0.456 e. The van der Waals surface area contributed by atoms with Crippen LogP contribution in [-0.2, 0) is 41.3 Å². The number of carbonyl (C=O) groups excluding carboxylic acids is 2. The number of carbonyl (C=O) groups is 2. The first-order valence-corrected chi connectivity index (χ1v) is 15.6. The molecule has 6 N–H and O–H groups in total. The molecule has 4 aliphatic rings. The highest BCUT2D eigenvalue weighted by atomic mass is 16.8. The van der Waals surface area contributed by atoms with Gasteiger partial charge in [-0.1, -0.05) is 54.6 Å². The molecule has 8 unspecified atom stereocenters. The third-order valence-corrected chi connectivity index (χ3v) is 8.85. The van der Waals surface area contributed by atoms with Crippen molar-refractivity contribution in [2.75, 3.05) is 26.4 Å². The maximum absolute atomic E-state index is 13.7. The van der Waals surface area contributed by atoms with Crippen LogP contribution in [0.1, 0.15) is 33.5 Å². The van der Waals surface area contributed by atoms with Crippen LogP contribution in [0.25, 0.3) is 6.08 Å². The SMILES string of the molecule is O=C(NCCO)C1=CC2OC3(Cc4ccccc4C3)OC2C(OC(=O)c2ccccc2C=CCOC2OC(CO)C(O)C(O)C2O)C1. The van der Waals surface area contributed by atoms with Gasteiger partial charge in [-0.2, -0.15) is 0 Å². The molecule has 0 radical (unpaired) electrons. The van der Waals surface area contributed by atoms with Crippen LogP contribution in [0.5, 0.6) is 0 Å². The summed E-state index contributed by atoms with van der Waals surface area (Å²) < 4.78 is 29.9. The molecule has 1 spiro atoms. The third kappa shape index (κ3) is 7.04. The Morgan fingerprint density at radius 2 is 1.68 bits per heavy atom. The number of ether oxygens (including phenoxy) is 5. The number of rotatable bonds is 10. The van der Waals surface area contributed by atoms with Crippen molar-refractivity contribution in [2.45, 2.75) is 74.1 Å². The van der Waals surface area contributed by atoms with E-state index in [4.69, 9.17) is 23.7 Å². The Kier molecular flexibility index (Phi) is 10.2. The Morgan fingerprint density at radius 3 is 2.40 bits per heavy atom. The van der Waals surface area contributed by atoms with E-state index in [1.165, 1.54) is 0 Å². The Hall–Kier alpha value is -3.50. The average molecular weight is 654 g/mol. The fourth-order valence-corrected chi connectivity index (χ4v) is 6.51. The van der Waals surface area contributed by atoms with Crippen molar-refractivity contribution >= 4 is 18.0 Å². The lowest BCUT2D eigenvalue weighted by Crippen LogP contribution is -2.59. The first kappa shape index (κ1) is 33.4. The molecule has 0 saturated carbocycles. The highest BCUT2D eigenvalue weighted by Gasteiger charge is 2.55. The van der Waals surface area contributed by atoms with Gasteiger partial charge in [-0.15, -0.1) is 0 Å². The van der Waals surface area contributed by atoms with Gasteiger partial charge in [0.05, 0.1) is 25.4 Å². The molecule has 0 aromatic heterocycles. The van der Waals surface area contributed by atoms with Crippen LogP contribution in [0, 0.1) is 0 Å². The van der Waals surface area contributed by atoms with E-state index in [0.717, 1.165) is 11.1 Å². The highest BCUT2D eigenvalue weighted by molar-refractivity contribution is 5.95. The smallest absolute Gasteiger partial charge is 0.339 e. The summed E-state index contributed by atoms with van der Waals surface area (Å²) in [4.78, 5) is 26.6. The quantitative estimate of drug-likeness (QED) is 0.185. The van der Waals surface area contributed by atoms with E-state index in [1.807, 2.05) is 24.3 Å². The fraction of sp³-hybridized carbons (Fsp3) is 0.471. The second kappa shape index (κ2) is 14.3. The lowest BCUT2D eigenvalue weighted by molar-refractivity contribution is -0.298. The number of fused-ring (bicyclic) bond motifs is 2. The van der Waals surface area contributed by atoms with Gasteiger partial charge in [-0.25, -0.2) is 4.79 Å². The zero-order chi connectivity index (χ0) is 33.1. The highest BCUT2D eigenvalue weighted by Crippen LogP contribution is 2.45. The second-order valence-corrected chi connectivity index (χ2v) is 12.0. The van der Waals surface area contributed by atoms with Gasteiger partial charge in [0, 0.05) is 31.4 Å². The molecule has 2 fully saturated rings. The molecule has 13 nitrogen and oxygen atoms in total. The molecule has 6 rings (SSSR count).